The summed E-state index contributed by atoms with van der Waals surface area (Å²) < 4.78 is 33.8. The molecule has 29 heavy (non-hydrogen) atoms. The summed E-state index contributed by atoms with van der Waals surface area (Å²) in [6, 6.07) is 11.8. The van der Waals surface area contributed by atoms with Crippen molar-refractivity contribution in [2.24, 2.45) is 0 Å². The number of piperidine rings is 1. The Bertz CT molecular complexity index is 978. The second-order valence-electron chi connectivity index (χ2n) is 7.03. The summed E-state index contributed by atoms with van der Waals surface area (Å²) in [5.41, 5.74) is 1.62. The van der Waals surface area contributed by atoms with Gasteiger partial charge in [0.1, 0.15) is 18.2 Å². The highest BCUT2D eigenvalue weighted by molar-refractivity contribution is 5.95. The van der Waals surface area contributed by atoms with Crippen molar-refractivity contribution in [3.8, 4) is 11.4 Å². The number of amides is 1. The fraction of sp³-hybridized carbons (Fsp3) is 0.273. The molecule has 150 valence electrons. The van der Waals surface area contributed by atoms with Crippen LogP contribution in [0.3, 0.4) is 0 Å². The number of hydrogen-bond donors (Lipinski definition) is 0. The lowest BCUT2D eigenvalue weighted by Gasteiger charge is -2.26. The van der Waals surface area contributed by atoms with E-state index in [1.807, 2.05) is 0 Å². The molecule has 0 bridgehead atoms. The summed E-state index contributed by atoms with van der Waals surface area (Å²) in [6.07, 6.45) is 4.67. The maximum atomic E-state index is 13.3. The number of likely N-dealkylation sites (tertiary alicyclic amines) is 1. The molecule has 1 fully saturated rings. The topological polar surface area (TPSA) is 47.4 Å². The maximum absolute atomic E-state index is 13.3. The van der Waals surface area contributed by atoms with Crippen molar-refractivity contribution in [1.82, 2.24) is 14.7 Å². The number of carbonyl (C=O) groups is 1. The molecule has 0 saturated carbocycles. The van der Waals surface area contributed by atoms with Crippen LogP contribution in [0.4, 0.5) is 8.78 Å². The minimum Gasteiger partial charge on any atom is -0.485 e. The third-order valence-corrected chi connectivity index (χ3v) is 4.93. The Balaban J connectivity index is 1.62. The molecule has 2 heterocycles. The van der Waals surface area contributed by atoms with Gasteiger partial charge in [-0.25, -0.2) is 13.5 Å². The molecule has 0 spiro atoms. The van der Waals surface area contributed by atoms with Gasteiger partial charge in [0.15, 0.2) is 11.4 Å². The Morgan fingerprint density at radius 3 is 2.21 bits per heavy atom. The van der Waals surface area contributed by atoms with E-state index in [-0.39, 0.29) is 29.8 Å². The van der Waals surface area contributed by atoms with Gasteiger partial charge in [0.05, 0.1) is 11.9 Å². The lowest BCUT2D eigenvalue weighted by molar-refractivity contribution is 0.0713. The SMILES string of the molecule is O=C(c1nn(-c2ccc(F)cc2)cc1OCc1ccc(F)cc1)N1CCCCC1. The average Bonchev–Trinajstić information content (AvgIpc) is 3.18. The minimum absolute atomic E-state index is 0.176. The number of hydrogen-bond acceptors (Lipinski definition) is 3. The van der Waals surface area contributed by atoms with Crippen LogP contribution in [0.2, 0.25) is 0 Å². The number of halogens is 2. The highest BCUT2D eigenvalue weighted by Crippen LogP contribution is 2.24. The van der Waals surface area contributed by atoms with E-state index in [4.69, 9.17) is 4.74 Å². The van der Waals surface area contributed by atoms with Crippen LogP contribution in [0.15, 0.2) is 54.7 Å². The zero-order valence-corrected chi connectivity index (χ0v) is 15.9. The summed E-state index contributed by atoms with van der Waals surface area (Å²) in [4.78, 5) is 14.8. The Morgan fingerprint density at radius 2 is 1.55 bits per heavy atom. The maximum Gasteiger partial charge on any atom is 0.278 e. The van der Waals surface area contributed by atoms with Crippen LogP contribution in [-0.4, -0.2) is 33.7 Å². The Kier molecular flexibility index (Phi) is 5.55. The van der Waals surface area contributed by atoms with Gasteiger partial charge in [-0.2, -0.15) is 5.10 Å². The molecule has 4 rings (SSSR count). The average molecular weight is 397 g/mol. The number of carbonyl (C=O) groups excluding carboxylic acids is 1. The smallest absolute Gasteiger partial charge is 0.278 e. The summed E-state index contributed by atoms with van der Waals surface area (Å²) >= 11 is 0. The quantitative estimate of drug-likeness (QED) is 0.643. The molecule has 3 aromatic rings. The number of nitrogens with zero attached hydrogens (tertiary/aromatic N) is 3. The lowest BCUT2D eigenvalue weighted by Crippen LogP contribution is -2.36. The van der Waals surface area contributed by atoms with E-state index in [2.05, 4.69) is 5.10 Å². The zero-order valence-electron chi connectivity index (χ0n) is 15.9. The summed E-state index contributed by atoms with van der Waals surface area (Å²) in [6.45, 7) is 1.56. The minimum atomic E-state index is -0.349. The molecule has 2 aromatic carbocycles. The molecular weight excluding hydrogens is 376 g/mol. The first-order chi connectivity index (χ1) is 14.1. The van der Waals surface area contributed by atoms with Crippen LogP contribution in [0, 0.1) is 11.6 Å². The molecule has 1 aromatic heterocycles. The molecule has 1 amide bonds. The van der Waals surface area contributed by atoms with E-state index in [1.54, 1.807) is 35.4 Å². The van der Waals surface area contributed by atoms with Gasteiger partial charge in [-0.15, -0.1) is 0 Å². The monoisotopic (exact) mass is 397 g/mol. The van der Waals surface area contributed by atoms with Gasteiger partial charge in [-0.05, 0) is 61.2 Å². The fourth-order valence-electron chi connectivity index (χ4n) is 3.33. The standard InChI is InChI=1S/C22H21F2N3O2/c23-17-6-4-16(5-7-17)15-29-20-14-27(19-10-8-18(24)9-11-19)25-21(20)22(28)26-12-2-1-3-13-26/h4-11,14H,1-3,12-13,15H2. The summed E-state index contributed by atoms with van der Waals surface area (Å²) in [5.74, 6) is -0.508. The van der Waals surface area contributed by atoms with Crippen LogP contribution in [0.5, 0.6) is 5.75 Å². The third-order valence-electron chi connectivity index (χ3n) is 4.93. The number of aromatic nitrogens is 2. The molecular formula is C22H21F2N3O2. The van der Waals surface area contributed by atoms with Crippen LogP contribution in [0.1, 0.15) is 35.3 Å². The van der Waals surface area contributed by atoms with Gasteiger partial charge in [-0.3, -0.25) is 4.79 Å². The molecule has 0 radical (unpaired) electrons. The van der Waals surface area contributed by atoms with Crippen LogP contribution < -0.4 is 4.74 Å². The van der Waals surface area contributed by atoms with Gasteiger partial charge in [-0.1, -0.05) is 12.1 Å². The zero-order chi connectivity index (χ0) is 20.2. The van der Waals surface area contributed by atoms with Gasteiger partial charge < -0.3 is 9.64 Å². The van der Waals surface area contributed by atoms with E-state index in [9.17, 15) is 13.6 Å². The predicted octanol–water partition coefficient (Wildman–Crippen LogP) is 4.36. The molecule has 1 aliphatic heterocycles. The van der Waals surface area contributed by atoms with Gasteiger partial charge in [0.25, 0.3) is 5.91 Å². The third kappa shape index (κ3) is 4.45. The van der Waals surface area contributed by atoms with Crippen molar-refractivity contribution in [2.75, 3.05) is 13.1 Å². The molecule has 1 saturated heterocycles. The summed E-state index contributed by atoms with van der Waals surface area (Å²) in [5, 5.41) is 4.43. The number of benzene rings is 2. The molecule has 0 aliphatic carbocycles. The first kappa shape index (κ1) is 19.1. The highest BCUT2D eigenvalue weighted by Gasteiger charge is 2.25. The second kappa shape index (κ2) is 8.43. The second-order valence-corrected chi connectivity index (χ2v) is 7.03. The predicted molar refractivity (Wildman–Crippen MR) is 104 cm³/mol. The van der Waals surface area contributed by atoms with Crippen LogP contribution >= 0.6 is 0 Å². The Morgan fingerprint density at radius 1 is 0.931 bits per heavy atom. The normalized spacial score (nSPS) is 14.1. The van der Waals surface area contributed by atoms with Crippen molar-refractivity contribution < 1.29 is 18.3 Å². The van der Waals surface area contributed by atoms with Gasteiger partial charge >= 0.3 is 0 Å². The van der Waals surface area contributed by atoms with Crippen molar-refractivity contribution in [2.45, 2.75) is 25.9 Å². The van der Waals surface area contributed by atoms with E-state index in [0.717, 1.165) is 24.8 Å². The van der Waals surface area contributed by atoms with Crippen molar-refractivity contribution >= 4 is 5.91 Å². The molecule has 1 aliphatic rings. The summed E-state index contributed by atoms with van der Waals surface area (Å²) in [7, 11) is 0. The van der Waals surface area contributed by atoms with Gasteiger partial charge in [0, 0.05) is 13.1 Å². The first-order valence-corrected chi connectivity index (χ1v) is 9.62. The number of ether oxygens (including phenoxy) is 1. The largest absolute Gasteiger partial charge is 0.485 e. The molecule has 0 N–H and O–H groups in total. The van der Waals surface area contributed by atoms with Crippen LogP contribution in [-0.2, 0) is 6.61 Å². The highest BCUT2D eigenvalue weighted by atomic mass is 19.1. The lowest BCUT2D eigenvalue weighted by atomic mass is 10.1. The molecule has 0 unspecified atom stereocenters. The fourth-order valence-corrected chi connectivity index (χ4v) is 3.33. The van der Waals surface area contributed by atoms with E-state index in [0.29, 0.717) is 24.5 Å². The Labute approximate surface area is 167 Å². The first-order valence-electron chi connectivity index (χ1n) is 9.62. The van der Waals surface area contributed by atoms with Crippen LogP contribution in [0.25, 0.3) is 5.69 Å². The van der Waals surface area contributed by atoms with Crippen molar-refractivity contribution in [1.29, 1.82) is 0 Å². The van der Waals surface area contributed by atoms with Crippen molar-refractivity contribution in [3.05, 3.63) is 77.6 Å². The van der Waals surface area contributed by atoms with Gasteiger partial charge in [0.2, 0.25) is 0 Å². The number of rotatable bonds is 5. The Hall–Kier alpha value is -3.22. The van der Waals surface area contributed by atoms with E-state index < -0.39 is 0 Å². The molecule has 5 nitrogen and oxygen atoms in total. The van der Waals surface area contributed by atoms with Crippen molar-refractivity contribution in [3.63, 3.8) is 0 Å². The molecule has 7 heteroatoms. The van der Waals surface area contributed by atoms with E-state index in [1.165, 1.54) is 28.9 Å². The molecule has 0 atom stereocenters. The van der Waals surface area contributed by atoms with E-state index >= 15 is 0 Å².